The Kier molecular flexibility index (Phi) is 4.29. The van der Waals surface area contributed by atoms with Crippen LogP contribution < -0.4 is 15.8 Å². The summed E-state index contributed by atoms with van der Waals surface area (Å²) in [5.41, 5.74) is -0.942. The summed E-state index contributed by atoms with van der Waals surface area (Å²) in [6.45, 7) is 3.77. The third-order valence-corrected chi connectivity index (χ3v) is 4.67. The number of nitrogens with one attached hydrogen (secondary N) is 3. The number of fused-ring (bicyclic) bond motifs is 1. The third kappa shape index (κ3) is 3.40. The summed E-state index contributed by atoms with van der Waals surface area (Å²) in [7, 11) is -3.66. The maximum Gasteiger partial charge on any atom is 0.314 e. The minimum atomic E-state index is -3.66. The summed E-state index contributed by atoms with van der Waals surface area (Å²) in [5, 5.41) is 0. The average Bonchev–Trinajstić information content (AvgIpc) is 2.39. The molecule has 1 heterocycles. The van der Waals surface area contributed by atoms with Crippen molar-refractivity contribution in [2.75, 3.05) is 0 Å². The Morgan fingerprint density at radius 1 is 1.14 bits per heavy atom. The summed E-state index contributed by atoms with van der Waals surface area (Å²) in [4.78, 5) is 27.3. The minimum absolute atomic E-state index is 0.0423. The average molecular weight is 311 g/mol. The maximum atomic E-state index is 12.2. The van der Waals surface area contributed by atoms with Gasteiger partial charge in [-0.3, -0.25) is 9.59 Å². The largest absolute Gasteiger partial charge is 0.316 e. The van der Waals surface area contributed by atoms with Crippen LogP contribution in [0.2, 0.25) is 0 Å². The number of aromatic nitrogens is 2. The molecule has 0 unspecified atom stereocenters. The van der Waals surface area contributed by atoms with Crippen molar-refractivity contribution in [2.24, 2.45) is 0 Å². The number of rotatable bonds is 5. The van der Waals surface area contributed by atoms with E-state index in [-0.39, 0.29) is 16.5 Å². The van der Waals surface area contributed by atoms with Crippen molar-refractivity contribution in [1.82, 2.24) is 14.7 Å². The van der Waals surface area contributed by atoms with Crippen LogP contribution in [0.5, 0.6) is 0 Å². The fourth-order valence-electron chi connectivity index (χ4n) is 2.09. The number of hydrogen-bond acceptors (Lipinski definition) is 4. The van der Waals surface area contributed by atoms with Crippen molar-refractivity contribution in [2.45, 2.75) is 37.6 Å². The molecule has 0 saturated carbocycles. The van der Waals surface area contributed by atoms with Gasteiger partial charge in [0, 0.05) is 6.04 Å². The molecule has 0 radical (unpaired) electrons. The van der Waals surface area contributed by atoms with E-state index in [1.165, 1.54) is 18.2 Å². The lowest BCUT2D eigenvalue weighted by atomic mass is 10.2. The highest BCUT2D eigenvalue weighted by atomic mass is 32.2. The lowest BCUT2D eigenvalue weighted by molar-refractivity contribution is 0.544. The Balaban J connectivity index is 2.45. The van der Waals surface area contributed by atoms with Crippen molar-refractivity contribution in [1.29, 1.82) is 0 Å². The highest BCUT2D eigenvalue weighted by molar-refractivity contribution is 7.89. The standard InChI is InChI=1S/C13H17N3O4S/c1-3-4-8(2)16-21(19,20)9-5-6-10-11(7-9)15-13(18)12(17)14-10/h5-8,16H,3-4H2,1-2H3,(H,14,17)(H,15,18)/t8-/m0/s1. The first kappa shape index (κ1) is 15.5. The molecule has 0 amide bonds. The van der Waals surface area contributed by atoms with Crippen LogP contribution in [0.1, 0.15) is 26.7 Å². The molecule has 0 aliphatic rings. The van der Waals surface area contributed by atoms with Gasteiger partial charge in [-0.1, -0.05) is 13.3 Å². The van der Waals surface area contributed by atoms with Crippen molar-refractivity contribution >= 4 is 21.1 Å². The van der Waals surface area contributed by atoms with Crippen molar-refractivity contribution in [3.8, 4) is 0 Å². The van der Waals surface area contributed by atoms with Crippen LogP contribution in [0.4, 0.5) is 0 Å². The molecule has 0 bridgehead atoms. The zero-order valence-corrected chi connectivity index (χ0v) is 12.6. The highest BCUT2D eigenvalue weighted by Gasteiger charge is 2.17. The molecule has 114 valence electrons. The molecule has 0 spiro atoms. The van der Waals surface area contributed by atoms with E-state index in [9.17, 15) is 18.0 Å². The Morgan fingerprint density at radius 3 is 2.38 bits per heavy atom. The molecule has 0 saturated heterocycles. The second-order valence-corrected chi connectivity index (χ2v) is 6.64. The number of hydrogen-bond donors (Lipinski definition) is 3. The molecule has 0 fully saturated rings. The topological polar surface area (TPSA) is 112 Å². The highest BCUT2D eigenvalue weighted by Crippen LogP contribution is 2.15. The predicted octanol–water partition coefficient (Wildman–Crippen LogP) is 0.683. The molecule has 3 N–H and O–H groups in total. The quantitative estimate of drug-likeness (QED) is 0.705. The van der Waals surface area contributed by atoms with Crippen LogP contribution in [0.15, 0.2) is 32.7 Å². The second-order valence-electron chi connectivity index (χ2n) is 4.93. The van der Waals surface area contributed by atoms with Crippen LogP contribution in [-0.2, 0) is 10.0 Å². The van der Waals surface area contributed by atoms with Gasteiger partial charge in [-0.15, -0.1) is 0 Å². The molecule has 7 nitrogen and oxygen atoms in total. The van der Waals surface area contributed by atoms with Gasteiger partial charge in [0.15, 0.2) is 0 Å². The molecular formula is C13H17N3O4S. The van der Waals surface area contributed by atoms with Gasteiger partial charge in [-0.2, -0.15) is 0 Å². The maximum absolute atomic E-state index is 12.2. The van der Waals surface area contributed by atoms with E-state index < -0.39 is 21.1 Å². The van der Waals surface area contributed by atoms with Crippen LogP contribution in [0, 0.1) is 0 Å². The normalized spacial score (nSPS) is 13.4. The Hall–Kier alpha value is -1.93. The lowest BCUT2D eigenvalue weighted by Crippen LogP contribution is -2.32. The molecule has 0 aliphatic heterocycles. The van der Waals surface area contributed by atoms with Crippen LogP contribution >= 0.6 is 0 Å². The summed E-state index contributed by atoms with van der Waals surface area (Å²) >= 11 is 0. The summed E-state index contributed by atoms with van der Waals surface area (Å²) < 4.78 is 27.0. The first-order chi connectivity index (χ1) is 9.83. The predicted molar refractivity (Wildman–Crippen MR) is 79.9 cm³/mol. The fourth-order valence-corrected chi connectivity index (χ4v) is 3.39. The Labute approximate surface area is 121 Å². The van der Waals surface area contributed by atoms with E-state index in [1.807, 2.05) is 6.92 Å². The van der Waals surface area contributed by atoms with Gasteiger partial charge >= 0.3 is 11.1 Å². The fraction of sp³-hybridized carbons (Fsp3) is 0.385. The van der Waals surface area contributed by atoms with E-state index >= 15 is 0 Å². The Morgan fingerprint density at radius 2 is 1.76 bits per heavy atom. The molecule has 8 heteroatoms. The van der Waals surface area contributed by atoms with Crippen molar-refractivity contribution in [3.63, 3.8) is 0 Å². The molecule has 1 atom stereocenters. The molecule has 1 aromatic carbocycles. The summed E-state index contributed by atoms with van der Waals surface area (Å²) in [5.74, 6) is 0. The third-order valence-electron chi connectivity index (χ3n) is 3.08. The molecule has 21 heavy (non-hydrogen) atoms. The van der Waals surface area contributed by atoms with Gasteiger partial charge in [0.05, 0.1) is 15.9 Å². The van der Waals surface area contributed by atoms with Crippen molar-refractivity contribution < 1.29 is 8.42 Å². The first-order valence-corrected chi connectivity index (χ1v) is 8.10. The van der Waals surface area contributed by atoms with Crippen LogP contribution in [-0.4, -0.2) is 24.4 Å². The van der Waals surface area contributed by atoms with Gasteiger partial charge in [-0.05, 0) is 31.5 Å². The SMILES string of the molecule is CCC[C@H](C)NS(=O)(=O)c1ccc2[nH]c(=O)c(=O)[nH]c2c1. The molecule has 1 aromatic heterocycles. The van der Waals surface area contributed by atoms with E-state index in [2.05, 4.69) is 14.7 Å². The smallest absolute Gasteiger partial charge is 0.314 e. The monoisotopic (exact) mass is 311 g/mol. The van der Waals surface area contributed by atoms with Crippen LogP contribution in [0.3, 0.4) is 0 Å². The number of aromatic amines is 2. The van der Waals surface area contributed by atoms with Gasteiger partial charge in [0.1, 0.15) is 0 Å². The van der Waals surface area contributed by atoms with E-state index in [1.54, 1.807) is 6.92 Å². The van der Waals surface area contributed by atoms with Gasteiger partial charge < -0.3 is 9.97 Å². The van der Waals surface area contributed by atoms with E-state index in [0.29, 0.717) is 5.52 Å². The van der Waals surface area contributed by atoms with Gasteiger partial charge in [0.25, 0.3) is 0 Å². The summed E-state index contributed by atoms with van der Waals surface area (Å²) in [6, 6.07) is 3.99. The number of H-pyrrole nitrogens is 2. The zero-order valence-electron chi connectivity index (χ0n) is 11.8. The van der Waals surface area contributed by atoms with E-state index in [0.717, 1.165) is 12.8 Å². The van der Waals surface area contributed by atoms with Crippen molar-refractivity contribution in [3.05, 3.63) is 38.9 Å². The zero-order chi connectivity index (χ0) is 15.6. The summed E-state index contributed by atoms with van der Waals surface area (Å²) in [6.07, 6.45) is 1.60. The molecule has 2 rings (SSSR count). The minimum Gasteiger partial charge on any atom is -0.316 e. The number of sulfonamides is 1. The first-order valence-electron chi connectivity index (χ1n) is 6.62. The Bertz CT molecular complexity index is 867. The van der Waals surface area contributed by atoms with Gasteiger partial charge in [-0.25, -0.2) is 13.1 Å². The molecule has 2 aromatic rings. The van der Waals surface area contributed by atoms with E-state index in [4.69, 9.17) is 0 Å². The molecular weight excluding hydrogens is 294 g/mol. The lowest BCUT2D eigenvalue weighted by Gasteiger charge is -2.13. The second kappa shape index (κ2) is 5.82. The van der Waals surface area contributed by atoms with Crippen LogP contribution in [0.25, 0.3) is 11.0 Å². The number of benzene rings is 1. The van der Waals surface area contributed by atoms with Gasteiger partial charge in [0.2, 0.25) is 10.0 Å². The molecule has 0 aliphatic carbocycles.